The zero-order chi connectivity index (χ0) is 19.0. The number of hydrogen-bond acceptors (Lipinski definition) is 6. The molecule has 3 aromatic rings. The summed E-state index contributed by atoms with van der Waals surface area (Å²) in [5.74, 6) is 1.19. The summed E-state index contributed by atoms with van der Waals surface area (Å²) in [6, 6.07) is 5.71. The van der Waals surface area contributed by atoms with Gasteiger partial charge in [0.15, 0.2) is 5.82 Å². The van der Waals surface area contributed by atoms with Crippen LogP contribution in [-0.2, 0) is 0 Å². The van der Waals surface area contributed by atoms with Crippen molar-refractivity contribution >= 4 is 17.4 Å². The van der Waals surface area contributed by atoms with Crippen molar-refractivity contribution < 1.29 is 9.53 Å². The zero-order valence-electron chi connectivity index (χ0n) is 15.7. The van der Waals surface area contributed by atoms with Crippen LogP contribution in [0, 0.1) is 6.92 Å². The van der Waals surface area contributed by atoms with Crippen LogP contribution in [0.25, 0.3) is 5.65 Å². The Morgan fingerprint density at radius 2 is 2.11 bits per heavy atom. The number of rotatable bonds is 4. The van der Waals surface area contributed by atoms with Crippen LogP contribution >= 0.6 is 0 Å². The molecule has 0 aromatic carbocycles. The molecule has 1 unspecified atom stereocenters. The lowest BCUT2D eigenvalue weighted by Gasteiger charge is -2.18. The molecule has 0 saturated carbocycles. The van der Waals surface area contributed by atoms with Gasteiger partial charge in [-0.15, -0.1) is 0 Å². The van der Waals surface area contributed by atoms with Gasteiger partial charge in [0.25, 0.3) is 5.91 Å². The molecular weight excluding hydrogens is 344 g/mol. The summed E-state index contributed by atoms with van der Waals surface area (Å²) in [5, 5.41) is 0. The van der Waals surface area contributed by atoms with Gasteiger partial charge in [-0.1, -0.05) is 6.07 Å². The van der Waals surface area contributed by atoms with E-state index in [1.54, 1.807) is 12.4 Å². The molecule has 1 aliphatic rings. The fraction of sp³-hybridized carbons (Fsp3) is 0.368. The SMILES string of the molecule is Cc1nc2ccccn2c1C(=O)N1CCC(Oc2cncc(N(C)C)n2)C1. The number of carbonyl (C=O) groups excluding carboxylic acids is 1. The third-order valence-electron chi connectivity index (χ3n) is 4.68. The van der Waals surface area contributed by atoms with E-state index >= 15 is 0 Å². The smallest absolute Gasteiger partial charge is 0.272 e. The predicted molar refractivity (Wildman–Crippen MR) is 101 cm³/mol. The van der Waals surface area contributed by atoms with Gasteiger partial charge in [-0.25, -0.2) is 4.98 Å². The summed E-state index contributed by atoms with van der Waals surface area (Å²) in [4.78, 5) is 29.8. The molecule has 1 amide bonds. The van der Waals surface area contributed by atoms with Gasteiger partial charge in [-0.05, 0) is 19.1 Å². The Balaban J connectivity index is 1.48. The van der Waals surface area contributed by atoms with Crippen LogP contribution in [0.15, 0.2) is 36.8 Å². The summed E-state index contributed by atoms with van der Waals surface area (Å²) in [6.45, 7) is 3.03. The lowest BCUT2D eigenvalue weighted by atomic mass is 10.3. The van der Waals surface area contributed by atoms with Crippen molar-refractivity contribution in [3.05, 3.63) is 48.2 Å². The zero-order valence-corrected chi connectivity index (χ0v) is 15.7. The molecule has 0 N–H and O–H groups in total. The first-order chi connectivity index (χ1) is 13.0. The van der Waals surface area contributed by atoms with E-state index in [0.29, 0.717) is 24.7 Å². The Bertz CT molecular complexity index is 983. The number of fused-ring (bicyclic) bond motifs is 1. The lowest BCUT2D eigenvalue weighted by Crippen LogP contribution is -2.32. The Kier molecular flexibility index (Phi) is 4.39. The van der Waals surface area contributed by atoms with Crippen LogP contribution in [0.4, 0.5) is 5.82 Å². The highest BCUT2D eigenvalue weighted by Crippen LogP contribution is 2.21. The molecule has 4 rings (SSSR count). The first-order valence-electron chi connectivity index (χ1n) is 8.92. The standard InChI is InChI=1S/C19H22N6O2/c1-13-18(25-8-5-4-6-15(25)21-13)19(26)24-9-7-14(12-24)27-17-11-20-10-16(22-17)23(2)3/h4-6,8,10-11,14H,7,9,12H2,1-3H3. The number of likely N-dealkylation sites (tertiary alicyclic amines) is 1. The molecule has 0 aliphatic carbocycles. The molecule has 0 radical (unpaired) electrons. The van der Waals surface area contributed by atoms with E-state index in [1.165, 1.54) is 0 Å². The number of hydrogen-bond donors (Lipinski definition) is 0. The molecule has 1 fully saturated rings. The molecule has 8 nitrogen and oxygen atoms in total. The molecule has 1 aliphatic heterocycles. The van der Waals surface area contributed by atoms with Crippen LogP contribution in [-0.4, -0.2) is 63.4 Å². The fourth-order valence-electron chi connectivity index (χ4n) is 3.31. The fourth-order valence-corrected chi connectivity index (χ4v) is 3.31. The molecule has 1 saturated heterocycles. The summed E-state index contributed by atoms with van der Waals surface area (Å²) >= 11 is 0. The number of nitrogens with zero attached hydrogens (tertiary/aromatic N) is 6. The molecule has 1 atom stereocenters. The largest absolute Gasteiger partial charge is 0.471 e. The number of amides is 1. The van der Waals surface area contributed by atoms with Gasteiger partial charge >= 0.3 is 0 Å². The molecule has 4 heterocycles. The van der Waals surface area contributed by atoms with Crippen LogP contribution in [0.1, 0.15) is 22.6 Å². The van der Waals surface area contributed by atoms with E-state index in [1.807, 2.05) is 59.6 Å². The summed E-state index contributed by atoms with van der Waals surface area (Å²) < 4.78 is 7.81. The van der Waals surface area contributed by atoms with Gasteiger partial charge in [0.2, 0.25) is 5.88 Å². The van der Waals surface area contributed by atoms with Crippen molar-refractivity contribution in [2.45, 2.75) is 19.4 Å². The monoisotopic (exact) mass is 366 g/mol. The third kappa shape index (κ3) is 3.30. The number of aryl methyl sites for hydroxylation is 1. The van der Waals surface area contributed by atoms with Crippen molar-refractivity contribution in [2.75, 3.05) is 32.1 Å². The maximum atomic E-state index is 13.1. The average molecular weight is 366 g/mol. The second kappa shape index (κ2) is 6.86. The van der Waals surface area contributed by atoms with Gasteiger partial charge in [-0.2, -0.15) is 4.98 Å². The van der Waals surface area contributed by atoms with Crippen molar-refractivity contribution in [3.8, 4) is 5.88 Å². The highest BCUT2D eigenvalue weighted by atomic mass is 16.5. The third-order valence-corrected chi connectivity index (χ3v) is 4.68. The Labute approximate surface area is 157 Å². The Morgan fingerprint density at radius 1 is 1.26 bits per heavy atom. The van der Waals surface area contributed by atoms with E-state index < -0.39 is 0 Å². The van der Waals surface area contributed by atoms with Crippen molar-refractivity contribution in [2.24, 2.45) is 0 Å². The number of pyridine rings is 1. The molecule has 0 bridgehead atoms. The van der Waals surface area contributed by atoms with E-state index in [9.17, 15) is 4.79 Å². The molecule has 0 spiro atoms. The average Bonchev–Trinajstić information content (AvgIpc) is 3.25. The highest BCUT2D eigenvalue weighted by molar-refractivity contribution is 5.94. The number of anilines is 1. The summed E-state index contributed by atoms with van der Waals surface area (Å²) in [5.41, 5.74) is 2.13. The number of ether oxygens (including phenoxy) is 1. The molecule has 27 heavy (non-hydrogen) atoms. The minimum Gasteiger partial charge on any atom is -0.471 e. The van der Waals surface area contributed by atoms with E-state index in [0.717, 1.165) is 23.6 Å². The Morgan fingerprint density at radius 3 is 2.93 bits per heavy atom. The van der Waals surface area contributed by atoms with Crippen molar-refractivity contribution in [1.82, 2.24) is 24.3 Å². The van der Waals surface area contributed by atoms with Crippen LogP contribution in [0.3, 0.4) is 0 Å². The number of imidazole rings is 1. The quantitative estimate of drug-likeness (QED) is 0.701. The van der Waals surface area contributed by atoms with E-state index in [2.05, 4.69) is 15.0 Å². The molecule has 8 heteroatoms. The van der Waals surface area contributed by atoms with Crippen LogP contribution in [0.2, 0.25) is 0 Å². The topological polar surface area (TPSA) is 75.9 Å². The van der Waals surface area contributed by atoms with Crippen molar-refractivity contribution in [3.63, 3.8) is 0 Å². The van der Waals surface area contributed by atoms with Crippen LogP contribution < -0.4 is 9.64 Å². The van der Waals surface area contributed by atoms with Gasteiger partial charge in [0, 0.05) is 33.3 Å². The predicted octanol–water partition coefficient (Wildman–Crippen LogP) is 1.79. The highest BCUT2D eigenvalue weighted by Gasteiger charge is 2.31. The number of carbonyl (C=O) groups is 1. The second-order valence-corrected chi connectivity index (χ2v) is 6.86. The van der Waals surface area contributed by atoms with Gasteiger partial charge in [0.1, 0.15) is 17.4 Å². The van der Waals surface area contributed by atoms with Gasteiger partial charge in [0.05, 0.1) is 24.6 Å². The maximum Gasteiger partial charge on any atom is 0.272 e. The first kappa shape index (κ1) is 17.3. The molecule has 140 valence electrons. The van der Waals surface area contributed by atoms with Crippen LogP contribution in [0.5, 0.6) is 5.88 Å². The van der Waals surface area contributed by atoms with E-state index in [-0.39, 0.29) is 12.0 Å². The van der Waals surface area contributed by atoms with E-state index in [4.69, 9.17) is 4.74 Å². The minimum atomic E-state index is -0.0971. The normalized spacial score (nSPS) is 16.7. The molecular formula is C19H22N6O2. The first-order valence-corrected chi connectivity index (χ1v) is 8.92. The number of aromatic nitrogens is 4. The molecule has 3 aromatic heterocycles. The Hall–Kier alpha value is -3.16. The lowest BCUT2D eigenvalue weighted by molar-refractivity contribution is 0.0763. The van der Waals surface area contributed by atoms with Gasteiger partial charge in [-0.3, -0.25) is 14.2 Å². The summed E-state index contributed by atoms with van der Waals surface area (Å²) in [7, 11) is 3.81. The summed E-state index contributed by atoms with van der Waals surface area (Å²) in [6.07, 6.45) is 5.82. The van der Waals surface area contributed by atoms with Crippen molar-refractivity contribution in [1.29, 1.82) is 0 Å². The second-order valence-electron chi connectivity index (χ2n) is 6.86. The minimum absolute atomic E-state index is 0.0228. The van der Waals surface area contributed by atoms with Gasteiger partial charge < -0.3 is 14.5 Å². The maximum absolute atomic E-state index is 13.1.